The van der Waals surface area contributed by atoms with Gasteiger partial charge in [0.25, 0.3) is 0 Å². The van der Waals surface area contributed by atoms with E-state index < -0.39 is 5.41 Å². The summed E-state index contributed by atoms with van der Waals surface area (Å²) >= 11 is 0. The third-order valence-corrected chi connectivity index (χ3v) is 6.71. The minimum absolute atomic E-state index is 0.320. The summed E-state index contributed by atoms with van der Waals surface area (Å²) in [5.74, 6) is -0.320. The highest BCUT2D eigenvalue weighted by Gasteiger charge is 2.33. The van der Waals surface area contributed by atoms with Gasteiger partial charge in [-0.05, 0) is 75.3 Å². The van der Waals surface area contributed by atoms with Gasteiger partial charge in [0.15, 0.2) is 0 Å². The molecule has 0 bridgehead atoms. The van der Waals surface area contributed by atoms with Gasteiger partial charge in [0.2, 0.25) is 0 Å². The molecule has 0 aromatic heterocycles. The Bertz CT molecular complexity index is 1350. The molecule has 0 aliphatic rings. The van der Waals surface area contributed by atoms with Crippen LogP contribution in [0.4, 0.5) is 0 Å². The maximum atomic E-state index is 12.7. The van der Waals surface area contributed by atoms with E-state index in [2.05, 4.69) is 57.2 Å². The number of hydrogen-bond donors (Lipinski definition) is 0. The largest absolute Gasteiger partial charge is 0.465 e. The molecule has 0 unspecified atom stereocenters. The third kappa shape index (κ3) is 3.90. The van der Waals surface area contributed by atoms with E-state index in [1.54, 1.807) is 0 Å². The molecule has 0 N–H and O–H groups in total. The molecule has 0 aliphatic heterocycles. The zero-order valence-electron chi connectivity index (χ0n) is 20.1. The molecule has 4 aromatic carbocycles. The van der Waals surface area contributed by atoms with Crippen LogP contribution < -0.4 is 0 Å². The molecule has 4 nitrogen and oxygen atoms in total. The highest BCUT2D eigenvalue weighted by atomic mass is 17.2. The molecule has 4 aromatic rings. The number of ether oxygens (including phenoxy) is 1. The predicted octanol–water partition coefficient (Wildman–Crippen LogP) is 6.80. The summed E-state index contributed by atoms with van der Waals surface area (Å²) in [4.78, 5) is 22.9. The molecule has 33 heavy (non-hydrogen) atoms. The fourth-order valence-corrected chi connectivity index (χ4v) is 5.29. The van der Waals surface area contributed by atoms with Crippen molar-refractivity contribution in [1.82, 2.24) is 0 Å². The molecule has 0 saturated carbocycles. The molecule has 0 heterocycles. The Balaban J connectivity index is 2.10. The third-order valence-electron chi connectivity index (χ3n) is 6.71. The number of hydrogen-bond acceptors (Lipinski definition) is 4. The highest BCUT2D eigenvalue weighted by molar-refractivity contribution is 6.00. The normalized spacial score (nSPS) is 11.8. The lowest BCUT2D eigenvalue weighted by atomic mass is 9.70. The highest BCUT2D eigenvalue weighted by Crippen LogP contribution is 2.44. The van der Waals surface area contributed by atoms with Gasteiger partial charge in [0, 0.05) is 5.41 Å². The molecule has 170 valence electrons. The van der Waals surface area contributed by atoms with E-state index in [-0.39, 0.29) is 5.97 Å². The second-order valence-electron chi connectivity index (χ2n) is 8.95. The van der Waals surface area contributed by atoms with Crippen molar-refractivity contribution in [3.8, 4) is 0 Å². The second kappa shape index (κ2) is 8.97. The zero-order valence-corrected chi connectivity index (χ0v) is 20.1. The molecule has 0 aliphatic carbocycles. The molecule has 4 rings (SSSR count). The smallest absolute Gasteiger partial charge is 0.338 e. The SMILES string of the molecule is COOCc1cc2ccccc2c(C(C)(C)c2c(C)c(C(=O)OC)cc3ccccc23)c1C. The first-order valence-corrected chi connectivity index (χ1v) is 11.1. The number of rotatable bonds is 6. The number of methoxy groups -OCH3 is 1. The van der Waals surface area contributed by atoms with Gasteiger partial charge in [0.05, 0.1) is 19.8 Å². The van der Waals surface area contributed by atoms with E-state index in [0.717, 1.165) is 38.4 Å². The van der Waals surface area contributed by atoms with Crippen LogP contribution in [-0.4, -0.2) is 20.2 Å². The standard InChI is InChI=1S/C29H30O4/c1-18-22(17-33-32-6)15-20-11-7-9-13-23(20)26(18)29(3,4)27-19(2)25(28(30)31-5)16-21-12-8-10-14-24(21)27/h7-16H,17H2,1-6H3. The lowest BCUT2D eigenvalue weighted by molar-refractivity contribution is -0.282. The summed E-state index contributed by atoms with van der Waals surface area (Å²) in [5, 5.41) is 4.49. The first-order chi connectivity index (χ1) is 15.8. The van der Waals surface area contributed by atoms with Crippen LogP contribution >= 0.6 is 0 Å². The van der Waals surface area contributed by atoms with Gasteiger partial charge in [-0.2, -0.15) is 0 Å². The molecule has 0 radical (unpaired) electrons. The van der Waals surface area contributed by atoms with Gasteiger partial charge in [-0.25, -0.2) is 14.6 Å². The van der Waals surface area contributed by atoms with Gasteiger partial charge in [0.1, 0.15) is 6.61 Å². The average Bonchev–Trinajstić information content (AvgIpc) is 2.81. The number of carbonyl (C=O) groups excluding carboxylic acids is 1. The van der Waals surface area contributed by atoms with E-state index in [9.17, 15) is 4.79 Å². The average molecular weight is 443 g/mol. The van der Waals surface area contributed by atoms with E-state index >= 15 is 0 Å². The Hall–Kier alpha value is -3.21. The number of benzene rings is 4. The number of fused-ring (bicyclic) bond motifs is 2. The molecule has 0 saturated heterocycles. The van der Waals surface area contributed by atoms with E-state index in [1.165, 1.54) is 25.2 Å². The molecule has 4 heteroatoms. The molecule has 0 atom stereocenters. The maximum absolute atomic E-state index is 12.7. The summed E-state index contributed by atoms with van der Waals surface area (Å²) in [6.45, 7) is 8.99. The van der Waals surface area contributed by atoms with Crippen LogP contribution in [0.25, 0.3) is 21.5 Å². The molecule has 0 amide bonds. The van der Waals surface area contributed by atoms with E-state index in [4.69, 9.17) is 14.5 Å². The van der Waals surface area contributed by atoms with Crippen LogP contribution in [0.5, 0.6) is 0 Å². The summed E-state index contributed by atoms with van der Waals surface area (Å²) < 4.78 is 5.13. The molecule has 0 spiro atoms. The van der Waals surface area contributed by atoms with Crippen molar-refractivity contribution in [1.29, 1.82) is 0 Å². The minimum Gasteiger partial charge on any atom is -0.465 e. The monoisotopic (exact) mass is 442 g/mol. The van der Waals surface area contributed by atoms with Gasteiger partial charge >= 0.3 is 5.97 Å². The van der Waals surface area contributed by atoms with Crippen molar-refractivity contribution in [2.45, 2.75) is 39.7 Å². The Morgan fingerprint density at radius 2 is 1.36 bits per heavy atom. The van der Waals surface area contributed by atoms with Crippen molar-refractivity contribution in [2.75, 3.05) is 14.2 Å². The van der Waals surface area contributed by atoms with Crippen LogP contribution in [0, 0.1) is 13.8 Å². The molecule has 0 fully saturated rings. The van der Waals surface area contributed by atoms with Crippen molar-refractivity contribution < 1.29 is 19.3 Å². The first kappa shape index (κ1) is 23.0. The number of carbonyl (C=O) groups is 1. The maximum Gasteiger partial charge on any atom is 0.338 e. The van der Waals surface area contributed by atoms with E-state index in [1.807, 2.05) is 31.2 Å². The van der Waals surface area contributed by atoms with Crippen LogP contribution in [-0.2, 0) is 26.5 Å². The minimum atomic E-state index is -0.416. The second-order valence-corrected chi connectivity index (χ2v) is 8.95. The van der Waals surface area contributed by atoms with Gasteiger partial charge < -0.3 is 4.74 Å². The molecular weight excluding hydrogens is 412 g/mol. The van der Waals surface area contributed by atoms with Crippen molar-refractivity contribution in [3.05, 3.63) is 94.0 Å². The zero-order chi connectivity index (χ0) is 23.8. The van der Waals surface area contributed by atoms with Gasteiger partial charge in [-0.3, -0.25) is 0 Å². The fourth-order valence-electron chi connectivity index (χ4n) is 5.29. The van der Waals surface area contributed by atoms with Crippen molar-refractivity contribution in [2.24, 2.45) is 0 Å². The summed E-state index contributed by atoms with van der Waals surface area (Å²) in [6.07, 6.45) is 0. The van der Waals surface area contributed by atoms with Gasteiger partial charge in [-0.1, -0.05) is 62.4 Å². The topological polar surface area (TPSA) is 44.8 Å². The van der Waals surface area contributed by atoms with E-state index in [0.29, 0.717) is 12.2 Å². The van der Waals surface area contributed by atoms with Crippen LogP contribution in [0.1, 0.15) is 52.0 Å². The summed E-state index contributed by atoms with van der Waals surface area (Å²) in [7, 11) is 2.95. The Labute approximate surface area is 195 Å². The van der Waals surface area contributed by atoms with Crippen molar-refractivity contribution in [3.63, 3.8) is 0 Å². The predicted molar refractivity (Wildman–Crippen MR) is 133 cm³/mol. The Morgan fingerprint density at radius 3 is 1.94 bits per heavy atom. The lowest BCUT2D eigenvalue weighted by Crippen LogP contribution is -2.25. The fraction of sp³-hybridized carbons (Fsp3) is 0.276. The quantitative estimate of drug-likeness (QED) is 0.187. The van der Waals surface area contributed by atoms with Crippen molar-refractivity contribution >= 4 is 27.5 Å². The first-order valence-electron chi connectivity index (χ1n) is 11.1. The van der Waals surface area contributed by atoms with Gasteiger partial charge in [-0.15, -0.1) is 0 Å². The summed E-state index contributed by atoms with van der Waals surface area (Å²) in [6, 6.07) is 20.7. The van der Waals surface area contributed by atoms with Crippen LogP contribution in [0.2, 0.25) is 0 Å². The van der Waals surface area contributed by atoms with Crippen LogP contribution in [0.3, 0.4) is 0 Å². The van der Waals surface area contributed by atoms with Crippen LogP contribution in [0.15, 0.2) is 60.7 Å². The number of esters is 1. The molecular formula is C29H30O4. The Morgan fingerprint density at radius 1 is 0.818 bits per heavy atom. The Kier molecular flexibility index (Phi) is 6.24. The lowest BCUT2D eigenvalue weighted by Gasteiger charge is -2.34. The summed E-state index contributed by atoms with van der Waals surface area (Å²) in [5.41, 5.74) is 5.69.